The van der Waals surface area contributed by atoms with Gasteiger partial charge in [0.2, 0.25) is 5.91 Å². The van der Waals surface area contributed by atoms with E-state index in [9.17, 15) is 10.1 Å². The lowest BCUT2D eigenvalue weighted by molar-refractivity contribution is -0.113. The van der Waals surface area contributed by atoms with Gasteiger partial charge in [-0.05, 0) is 31.9 Å². The third kappa shape index (κ3) is 4.30. The standard InChI is InChI=1S/C17H18N4OS/c1-4-13-7-5-6-8-15(13)21-16(22)10-23-17-14(9-18)11(2)19-12(3)20-17/h5-8H,4,10H2,1-3H3,(H,21,22). The molecule has 1 aromatic carbocycles. The Hall–Kier alpha value is -2.39. The Morgan fingerprint density at radius 3 is 2.74 bits per heavy atom. The number of anilines is 1. The second kappa shape index (κ2) is 7.75. The third-order valence-corrected chi connectivity index (χ3v) is 4.27. The van der Waals surface area contributed by atoms with E-state index in [2.05, 4.69) is 21.4 Å². The van der Waals surface area contributed by atoms with E-state index >= 15 is 0 Å². The normalized spacial score (nSPS) is 10.2. The average Bonchev–Trinajstić information content (AvgIpc) is 2.53. The molecular weight excluding hydrogens is 308 g/mol. The topological polar surface area (TPSA) is 78.7 Å². The maximum Gasteiger partial charge on any atom is 0.234 e. The van der Waals surface area contributed by atoms with Crippen molar-refractivity contribution in [3.63, 3.8) is 0 Å². The Labute approximate surface area is 140 Å². The van der Waals surface area contributed by atoms with Crippen LogP contribution in [0.4, 0.5) is 5.69 Å². The number of amides is 1. The number of aromatic nitrogens is 2. The molecule has 0 aliphatic rings. The van der Waals surface area contributed by atoms with Gasteiger partial charge in [-0.3, -0.25) is 4.79 Å². The van der Waals surface area contributed by atoms with Gasteiger partial charge in [-0.15, -0.1) is 0 Å². The van der Waals surface area contributed by atoms with E-state index in [-0.39, 0.29) is 11.7 Å². The first kappa shape index (κ1) is 17.0. The number of nitriles is 1. The maximum atomic E-state index is 12.2. The van der Waals surface area contributed by atoms with Crippen LogP contribution >= 0.6 is 11.8 Å². The summed E-state index contributed by atoms with van der Waals surface area (Å²) < 4.78 is 0. The van der Waals surface area contributed by atoms with Gasteiger partial charge in [-0.25, -0.2) is 9.97 Å². The first-order valence-corrected chi connectivity index (χ1v) is 8.29. The number of aryl methyl sites for hydroxylation is 3. The van der Waals surface area contributed by atoms with Gasteiger partial charge in [-0.1, -0.05) is 36.9 Å². The zero-order chi connectivity index (χ0) is 16.8. The highest BCUT2D eigenvalue weighted by atomic mass is 32.2. The summed E-state index contributed by atoms with van der Waals surface area (Å²) in [6.45, 7) is 5.59. The number of benzene rings is 1. The molecule has 2 aromatic rings. The van der Waals surface area contributed by atoms with Crippen molar-refractivity contribution >= 4 is 23.4 Å². The number of rotatable bonds is 5. The highest BCUT2D eigenvalue weighted by Gasteiger charge is 2.13. The second-order valence-electron chi connectivity index (χ2n) is 5.00. The van der Waals surface area contributed by atoms with Gasteiger partial charge in [0.25, 0.3) is 0 Å². The molecule has 0 atom stereocenters. The number of carbonyl (C=O) groups excluding carboxylic acids is 1. The quantitative estimate of drug-likeness (QED) is 0.674. The van der Waals surface area contributed by atoms with Gasteiger partial charge in [0.15, 0.2) is 0 Å². The second-order valence-corrected chi connectivity index (χ2v) is 5.96. The minimum absolute atomic E-state index is 0.117. The Bertz CT molecular complexity index is 768. The fourth-order valence-electron chi connectivity index (χ4n) is 2.19. The molecule has 1 N–H and O–H groups in total. The first-order valence-electron chi connectivity index (χ1n) is 7.31. The number of thioether (sulfide) groups is 1. The molecule has 0 spiro atoms. The number of hydrogen-bond acceptors (Lipinski definition) is 5. The van der Waals surface area contributed by atoms with Crippen LogP contribution in [0, 0.1) is 25.2 Å². The van der Waals surface area contributed by atoms with Crippen molar-refractivity contribution in [1.29, 1.82) is 5.26 Å². The summed E-state index contributed by atoms with van der Waals surface area (Å²) >= 11 is 1.26. The molecule has 0 aliphatic carbocycles. The van der Waals surface area contributed by atoms with E-state index in [1.54, 1.807) is 13.8 Å². The van der Waals surface area contributed by atoms with Crippen LogP contribution in [0.15, 0.2) is 29.3 Å². The minimum Gasteiger partial charge on any atom is -0.325 e. The number of nitrogens with one attached hydrogen (secondary N) is 1. The Kier molecular flexibility index (Phi) is 5.72. The maximum absolute atomic E-state index is 12.2. The lowest BCUT2D eigenvalue weighted by Crippen LogP contribution is -2.15. The SMILES string of the molecule is CCc1ccccc1NC(=O)CSc1nc(C)nc(C)c1C#N. The molecule has 0 fully saturated rings. The summed E-state index contributed by atoms with van der Waals surface area (Å²) in [5.41, 5.74) is 3.00. The Morgan fingerprint density at radius 1 is 1.30 bits per heavy atom. The molecule has 0 bridgehead atoms. The predicted octanol–water partition coefficient (Wildman–Crippen LogP) is 3.26. The van der Waals surface area contributed by atoms with E-state index in [4.69, 9.17) is 0 Å². The predicted molar refractivity (Wildman–Crippen MR) is 91.4 cm³/mol. The lowest BCUT2D eigenvalue weighted by Gasteiger charge is -2.10. The molecule has 0 saturated heterocycles. The molecular formula is C17H18N4OS. The van der Waals surface area contributed by atoms with Crippen LogP contribution in [0.25, 0.3) is 0 Å². The van der Waals surface area contributed by atoms with E-state index in [0.29, 0.717) is 22.1 Å². The molecule has 1 amide bonds. The van der Waals surface area contributed by atoms with Gasteiger partial charge < -0.3 is 5.32 Å². The highest BCUT2D eigenvalue weighted by molar-refractivity contribution is 8.00. The van der Waals surface area contributed by atoms with Crippen molar-refractivity contribution in [1.82, 2.24) is 9.97 Å². The van der Waals surface area contributed by atoms with Gasteiger partial charge >= 0.3 is 0 Å². The molecule has 0 saturated carbocycles. The van der Waals surface area contributed by atoms with Crippen LogP contribution in [0.3, 0.4) is 0 Å². The van der Waals surface area contributed by atoms with Crippen LogP contribution in [-0.4, -0.2) is 21.6 Å². The van der Waals surface area contributed by atoms with Crippen molar-refractivity contribution in [2.24, 2.45) is 0 Å². The zero-order valence-electron chi connectivity index (χ0n) is 13.4. The molecule has 5 nitrogen and oxygen atoms in total. The fraction of sp³-hybridized carbons (Fsp3) is 0.294. The van der Waals surface area contributed by atoms with Crippen molar-refractivity contribution in [3.8, 4) is 6.07 Å². The van der Waals surface area contributed by atoms with Gasteiger partial charge in [0, 0.05) is 5.69 Å². The monoisotopic (exact) mass is 326 g/mol. The summed E-state index contributed by atoms with van der Waals surface area (Å²) in [5, 5.41) is 12.7. The number of carbonyl (C=O) groups is 1. The number of hydrogen-bond donors (Lipinski definition) is 1. The zero-order valence-corrected chi connectivity index (χ0v) is 14.2. The molecule has 23 heavy (non-hydrogen) atoms. The van der Waals surface area contributed by atoms with E-state index in [1.807, 2.05) is 31.2 Å². The molecule has 1 aromatic heterocycles. The number of nitrogens with zero attached hydrogens (tertiary/aromatic N) is 3. The fourth-order valence-corrected chi connectivity index (χ4v) is 3.06. The van der Waals surface area contributed by atoms with Crippen molar-refractivity contribution in [2.75, 3.05) is 11.1 Å². The van der Waals surface area contributed by atoms with Crippen LogP contribution in [0.5, 0.6) is 0 Å². The molecule has 2 rings (SSSR count). The summed E-state index contributed by atoms with van der Waals surface area (Å²) in [6, 6.07) is 9.84. The van der Waals surface area contributed by atoms with Gasteiger partial charge in [-0.2, -0.15) is 5.26 Å². The minimum atomic E-state index is -0.117. The van der Waals surface area contributed by atoms with Crippen LogP contribution in [0.2, 0.25) is 0 Å². The molecule has 118 valence electrons. The van der Waals surface area contributed by atoms with Crippen molar-refractivity contribution in [3.05, 3.63) is 46.9 Å². The van der Waals surface area contributed by atoms with E-state index in [1.165, 1.54) is 11.8 Å². The Balaban J connectivity index is 2.07. The molecule has 1 heterocycles. The van der Waals surface area contributed by atoms with E-state index < -0.39 is 0 Å². The smallest absolute Gasteiger partial charge is 0.234 e. The summed E-state index contributed by atoms with van der Waals surface area (Å²) in [7, 11) is 0. The Morgan fingerprint density at radius 2 is 2.04 bits per heavy atom. The van der Waals surface area contributed by atoms with Gasteiger partial charge in [0.1, 0.15) is 22.5 Å². The van der Waals surface area contributed by atoms with Crippen molar-refractivity contribution in [2.45, 2.75) is 32.2 Å². The third-order valence-electron chi connectivity index (χ3n) is 3.29. The van der Waals surface area contributed by atoms with Crippen molar-refractivity contribution < 1.29 is 4.79 Å². The van der Waals surface area contributed by atoms with Gasteiger partial charge in [0.05, 0.1) is 11.4 Å². The molecule has 6 heteroatoms. The molecule has 0 unspecified atom stereocenters. The first-order chi connectivity index (χ1) is 11.0. The average molecular weight is 326 g/mol. The van der Waals surface area contributed by atoms with Crippen LogP contribution < -0.4 is 5.32 Å². The largest absolute Gasteiger partial charge is 0.325 e. The van der Waals surface area contributed by atoms with Crippen LogP contribution in [-0.2, 0) is 11.2 Å². The summed E-state index contributed by atoms with van der Waals surface area (Å²) in [5.74, 6) is 0.678. The van der Waals surface area contributed by atoms with Crippen LogP contribution in [0.1, 0.15) is 29.6 Å². The molecule has 0 aliphatic heterocycles. The number of para-hydroxylation sites is 1. The van der Waals surface area contributed by atoms with E-state index in [0.717, 1.165) is 17.7 Å². The summed E-state index contributed by atoms with van der Waals surface area (Å²) in [4.78, 5) is 20.6. The lowest BCUT2D eigenvalue weighted by atomic mass is 10.1. The molecule has 0 radical (unpaired) electrons. The highest BCUT2D eigenvalue weighted by Crippen LogP contribution is 2.23. The summed E-state index contributed by atoms with van der Waals surface area (Å²) in [6.07, 6.45) is 0.854.